The molecule has 1 atom stereocenters. The van der Waals surface area contributed by atoms with Crippen molar-refractivity contribution < 1.29 is 5.11 Å². The van der Waals surface area contributed by atoms with Crippen LogP contribution >= 0.6 is 0 Å². The molecule has 0 amide bonds. The minimum Gasteiger partial charge on any atom is -0.388 e. The number of aromatic nitrogens is 1. The van der Waals surface area contributed by atoms with Crippen LogP contribution in [0.4, 0.5) is 0 Å². The van der Waals surface area contributed by atoms with Crippen LogP contribution in [0, 0.1) is 13.8 Å². The van der Waals surface area contributed by atoms with Gasteiger partial charge >= 0.3 is 0 Å². The summed E-state index contributed by atoms with van der Waals surface area (Å²) in [4.78, 5) is 0. The third-order valence-corrected chi connectivity index (χ3v) is 4.12. The molecule has 0 bridgehead atoms. The molecule has 2 heteroatoms. The molecule has 1 aromatic carbocycles. The molecular weight excluding hydrogens is 234 g/mol. The van der Waals surface area contributed by atoms with Crippen molar-refractivity contribution >= 4 is 0 Å². The van der Waals surface area contributed by atoms with Crippen molar-refractivity contribution in [2.75, 3.05) is 0 Å². The van der Waals surface area contributed by atoms with E-state index >= 15 is 0 Å². The van der Waals surface area contributed by atoms with Gasteiger partial charge in [0.1, 0.15) is 0 Å². The molecule has 2 aromatic rings. The molecule has 0 spiro atoms. The fourth-order valence-corrected chi connectivity index (χ4v) is 3.15. The summed E-state index contributed by atoms with van der Waals surface area (Å²) < 4.78 is 2.37. The molecule has 0 saturated heterocycles. The maximum atomic E-state index is 10.1. The van der Waals surface area contributed by atoms with E-state index in [0.29, 0.717) is 0 Å². The van der Waals surface area contributed by atoms with Gasteiger partial charge in [0.05, 0.1) is 6.10 Å². The van der Waals surface area contributed by atoms with E-state index < -0.39 is 0 Å². The minimum atomic E-state index is -0.263. The molecule has 1 N–H and O–H groups in total. The number of aliphatic hydroxyl groups excluding tert-OH is 1. The van der Waals surface area contributed by atoms with Gasteiger partial charge in [0.15, 0.2) is 0 Å². The van der Waals surface area contributed by atoms with Gasteiger partial charge in [-0.3, -0.25) is 0 Å². The SMILES string of the molecule is Cc1cccc(Cn2c(C)cc3c2CCCC3O)c1. The third-order valence-electron chi connectivity index (χ3n) is 4.12. The van der Waals surface area contributed by atoms with Crippen molar-refractivity contribution in [1.29, 1.82) is 0 Å². The molecule has 1 heterocycles. The summed E-state index contributed by atoms with van der Waals surface area (Å²) in [5.74, 6) is 0. The van der Waals surface area contributed by atoms with E-state index in [4.69, 9.17) is 0 Å². The Morgan fingerprint density at radius 1 is 1.26 bits per heavy atom. The van der Waals surface area contributed by atoms with Gasteiger partial charge in [-0.25, -0.2) is 0 Å². The number of rotatable bonds is 2. The van der Waals surface area contributed by atoms with Crippen LogP contribution in [-0.4, -0.2) is 9.67 Å². The second-order valence-corrected chi connectivity index (χ2v) is 5.67. The molecule has 0 saturated carbocycles. The van der Waals surface area contributed by atoms with Crippen molar-refractivity contribution in [3.05, 3.63) is 58.4 Å². The Morgan fingerprint density at radius 2 is 2.11 bits per heavy atom. The number of benzene rings is 1. The summed E-state index contributed by atoms with van der Waals surface area (Å²) in [6.07, 6.45) is 2.82. The first-order valence-electron chi connectivity index (χ1n) is 7.07. The molecule has 100 valence electrons. The Balaban J connectivity index is 1.97. The molecule has 0 radical (unpaired) electrons. The molecule has 1 aliphatic carbocycles. The number of aryl methyl sites for hydroxylation is 2. The average molecular weight is 255 g/mol. The van der Waals surface area contributed by atoms with E-state index in [1.807, 2.05) is 0 Å². The highest BCUT2D eigenvalue weighted by Gasteiger charge is 2.22. The summed E-state index contributed by atoms with van der Waals surface area (Å²) >= 11 is 0. The Morgan fingerprint density at radius 3 is 2.89 bits per heavy atom. The summed E-state index contributed by atoms with van der Waals surface area (Å²) in [5.41, 5.74) is 6.37. The molecule has 3 rings (SSSR count). The predicted octanol–water partition coefficient (Wildman–Crippen LogP) is 3.52. The van der Waals surface area contributed by atoms with E-state index in [2.05, 4.69) is 48.7 Å². The standard InChI is InChI=1S/C17H21NO/c1-12-5-3-6-14(9-12)11-18-13(2)10-15-16(18)7-4-8-17(15)19/h3,5-6,9-10,17,19H,4,7-8,11H2,1-2H3. The zero-order valence-electron chi connectivity index (χ0n) is 11.7. The molecule has 0 fully saturated rings. The molecule has 2 nitrogen and oxygen atoms in total. The highest BCUT2D eigenvalue weighted by atomic mass is 16.3. The van der Waals surface area contributed by atoms with Crippen LogP contribution in [0.15, 0.2) is 30.3 Å². The van der Waals surface area contributed by atoms with Crippen molar-refractivity contribution in [1.82, 2.24) is 4.57 Å². The van der Waals surface area contributed by atoms with Crippen molar-refractivity contribution in [3.63, 3.8) is 0 Å². The van der Waals surface area contributed by atoms with Crippen LogP contribution in [-0.2, 0) is 13.0 Å². The number of hydrogen-bond donors (Lipinski definition) is 1. The van der Waals surface area contributed by atoms with Crippen LogP contribution in [0.2, 0.25) is 0 Å². The first kappa shape index (κ1) is 12.5. The topological polar surface area (TPSA) is 25.2 Å². The van der Waals surface area contributed by atoms with Crippen LogP contribution in [0.5, 0.6) is 0 Å². The van der Waals surface area contributed by atoms with Crippen LogP contribution < -0.4 is 0 Å². The number of fused-ring (bicyclic) bond motifs is 1. The van der Waals surface area contributed by atoms with Gasteiger partial charge in [-0.2, -0.15) is 0 Å². The molecule has 1 unspecified atom stereocenters. The Labute approximate surface area is 114 Å². The zero-order valence-corrected chi connectivity index (χ0v) is 11.7. The normalized spacial score (nSPS) is 18.4. The quantitative estimate of drug-likeness (QED) is 0.872. The van der Waals surface area contributed by atoms with Crippen molar-refractivity contribution in [2.45, 2.75) is 45.8 Å². The lowest BCUT2D eigenvalue weighted by Crippen LogP contribution is -2.13. The monoisotopic (exact) mass is 255 g/mol. The van der Waals surface area contributed by atoms with Gasteiger partial charge in [0, 0.05) is 23.5 Å². The summed E-state index contributed by atoms with van der Waals surface area (Å²) in [6.45, 7) is 5.18. The second kappa shape index (κ2) is 4.86. The first-order chi connectivity index (χ1) is 9.15. The third kappa shape index (κ3) is 2.33. The molecular formula is C17H21NO. The van der Waals surface area contributed by atoms with Gasteiger partial charge in [-0.05, 0) is 44.7 Å². The summed E-state index contributed by atoms with van der Waals surface area (Å²) in [7, 11) is 0. The average Bonchev–Trinajstić information content (AvgIpc) is 2.69. The molecule has 1 aliphatic rings. The fraction of sp³-hybridized carbons (Fsp3) is 0.412. The van der Waals surface area contributed by atoms with E-state index in [1.54, 1.807) is 0 Å². The Bertz CT molecular complexity index is 597. The number of nitrogens with zero attached hydrogens (tertiary/aromatic N) is 1. The van der Waals surface area contributed by atoms with Crippen LogP contribution in [0.3, 0.4) is 0 Å². The highest BCUT2D eigenvalue weighted by molar-refractivity contribution is 5.33. The van der Waals surface area contributed by atoms with Gasteiger partial charge in [0.2, 0.25) is 0 Å². The molecule has 0 aliphatic heterocycles. The van der Waals surface area contributed by atoms with Crippen molar-refractivity contribution in [2.24, 2.45) is 0 Å². The fourth-order valence-electron chi connectivity index (χ4n) is 3.15. The second-order valence-electron chi connectivity index (χ2n) is 5.67. The maximum absolute atomic E-state index is 10.1. The van der Waals surface area contributed by atoms with E-state index in [1.165, 1.54) is 22.5 Å². The minimum absolute atomic E-state index is 0.263. The Hall–Kier alpha value is -1.54. The predicted molar refractivity (Wildman–Crippen MR) is 77.3 cm³/mol. The van der Waals surface area contributed by atoms with E-state index in [9.17, 15) is 5.11 Å². The summed E-state index contributed by atoms with van der Waals surface area (Å²) in [5, 5.41) is 10.1. The van der Waals surface area contributed by atoms with Crippen LogP contribution in [0.1, 0.15) is 47.0 Å². The maximum Gasteiger partial charge on any atom is 0.0807 e. The van der Waals surface area contributed by atoms with Gasteiger partial charge in [-0.15, -0.1) is 0 Å². The van der Waals surface area contributed by atoms with E-state index in [-0.39, 0.29) is 6.10 Å². The zero-order chi connectivity index (χ0) is 13.4. The van der Waals surface area contributed by atoms with Crippen molar-refractivity contribution in [3.8, 4) is 0 Å². The smallest absolute Gasteiger partial charge is 0.0807 e. The lowest BCUT2D eigenvalue weighted by molar-refractivity contribution is 0.156. The van der Waals surface area contributed by atoms with Gasteiger partial charge < -0.3 is 9.67 Å². The van der Waals surface area contributed by atoms with E-state index in [0.717, 1.165) is 31.4 Å². The Kier molecular flexibility index (Phi) is 3.19. The summed E-state index contributed by atoms with van der Waals surface area (Å²) in [6, 6.07) is 10.8. The van der Waals surface area contributed by atoms with Gasteiger partial charge in [0.25, 0.3) is 0 Å². The van der Waals surface area contributed by atoms with Gasteiger partial charge in [-0.1, -0.05) is 29.8 Å². The molecule has 1 aromatic heterocycles. The first-order valence-corrected chi connectivity index (χ1v) is 7.07. The highest BCUT2D eigenvalue weighted by Crippen LogP contribution is 2.32. The lowest BCUT2D eigenvalue weighted by atomic mass is 9.95. The number of hydrogen-bond acceptors (Lipinski definition) is 1. The lowest BCUT2D eigenvalue weighted by Gasteiger charge is -2.20. The molecule has 19 heavy (non-hydrogen) atoms. The number of aliphatic hydroxyl groups is 1. The van der Waals surface area contributed by atoms with Crippen LogP contribution in [0.25, 0.3) is 0 Å². The largest absolute Gasteiger partial charge is 0.388 e.